The van der Waals surface area contributed by atoms with Crippen LogP contribution in [0.25, 0.3) is 0 Å². The van der Waals surface area contributed by atoms with Gasteiger partial charge in [0.05, 0.1) is 18.1 Å². The third kappa shape index (κ3) is 4.78. The number of carbonyl (C=O) groups excluding carboxylic acids is 1. The van der Waals surface area contributed by atoms with Gasteiger partial charge in [-0.15, -0.1) is 0 Å². The monoisotopic (exact) mass is 486 g/mol. The molecule has 0 saturated carbocycles. The van der Waals surface area contributed by atoms with Crippen molar-refractivity contribution in [1.82, 2.24) is 14.1 Å². The number of rotatable bonds is 6. The molecule has 8 nitrogen and oxygen atoms in total. The van der Waals surface area contributed by atoms with Crippen molar-refractivity contribution in [2.75, 3.05) is 57.4 Å². The van der Waals surface area contributed by atoms with Crippen molar-refractivity contribution in [1.29, 1.82) is 0 Å². The van der Waals surface area contributed by atoms with Crippen LogP contribution in [0.2, 0.25) is 0 Å². The molecule has 2 aromatic carbocycles. The first-order valence-electron chi connectivity index (χ1n) is 11.9. The predicted octanol–water partition coefficient (Wildman–Crippen LogP) is 3.30. The number of amides is 2. The first-order valence-corrected chi connectivity index (χ1v) is 13.4. The number of carbonyl (C=O) groups is 1. The zero-order valence-electron chi connectivity index (χ0n) is 20.2. The molecule has 2 fully saturated rings. The summed E-state index contributed by atoms with van der Waals surface area (Å²) in [5, 5.41) is 0. The highest BCUT2D eigenvalue weighted by Gasteiger charge is 2.44. The number of aryl methyl sites for hydroxylation is 1. The van der Waals surface area contributed by atoms with Gasteiger partial charge >= 0.3 is 6.03 Å². The standard InChI is InChI=1S/C25H34N4O4S/c1-4-26(5-2)22-10-8-21(9-11-22)24-28(25(30)27-16-18-33-19-17-27)14-15-29(24)34(31,32)23-12-6-20(3)7-13-23/h6-13,24H,4-5,14-19H2,1-3H3/t24-/m1/s1. The van der Waals surface area contributed by atoms with E-state index in [1.165, 1.54) is 4.31 Å². The second-order valence-corrected chi connectivity index (χ2v) is 10.5. The van der Waals surface area contributed by atoms with Crippen LogP contribution in [0.3, 0.4) is 0 Å². The number of urea groups is 1. The third-order valence-electron chi connectivity index (χ3n) is 6.60. The van der Waals surface area contributed by atoms with Crippen LogP contribution in [0.5, 0.6) is 0 Å². The molecule has 0 aromatic heterocycles. The van der Waals surface area contributed by atoms with E-state index in [2.05, 4.69) is 18.7 Å². The maximum atomic E-state index is 13.7. The van der Waals surface area contributed by atoms with Crippen molar-refractivity contribution in [3.8, 4) is 0 Å². The number of nitrogens with zero attached hydrogens (tertiary/aromatic N) is 4. The molecule has 2 saturated heterocycles. The summed E-state index contributed by atoms with van der Waals surface area (Å²) in [4.78, 5) is 19.4. The maximum Gasteiger partial charge on any atom is 0.321 e. The smallest absolute Gasteiger partial charge is 0.321 e. The molecular weight excluding hydrogens is 452 g/mol. The molecule has 0 unspecified atom stereocenters. The lowest BCUT2D eigenvalue weighted by Crippen LogP contribution is -2.49. The van der Waals surface area contributed by atoms with E-state index in [1.807, 2.05) is 31.2 Å². The molecule has 2 aliphatic rings. The fourth-order valence-corrected chi connectivity index (χ4v) is 6.20. The Kier molecular flexibility index (Phi) is 7.45. The van der Waals surface area contributed by atoms with Crippen molar-refractivity contribution < 1.29 is 17.9 Å². The normalized spacial score (nSPS) is 19.4. The van der Waals surface area contributed by atoms with E-state index in [0.717, 1.165) is 29.9 Å². The van der Waals surface area contributed by atoms with Crippen molar-refractivity contribution in [2.45, 2.75) is 31.8 Å². The van der Waals surface area contributed by atoms with Gasteiger partial charge in [-0.05, 0) is 50.6 Å². The molecule has 2 aromatic rings. The van der Waals surface area contributed by atoms with Crippen LogP contribution in [0.4, 0.5) is 10.5 Å². The molecule has 0 bridgehead atoms. The molecule has 0 aliphatic carbocycles. The Labute approximate surface area is 202 Å². The molecule has 0 N–H and O–H groups in total. The Morgan fingerprint density at radius 3 is 2.15 bits per heavy atom. The molecule has 4 rings (SSSR count). The van der Waals surface area contributed by atoms with E-state index >= 15 is 0 Å². The zero-order chi connectivity index (χ0) is 24.3. The number of morpholine rings is 1. The van der Waals surface area contributed by atoms with Gasteiger partial charge in [0.1, 0.15) is 6.17 Å². The Hall–Kier alpha value is -2.62. The summed E-state index contributed by atoms with van der Waals surface area (Å²) in [6, 6.07) is 14.6. The Balaban J connectivity index is 1.71. The largest absolute Gasteiger partial charge is 0.378 e. The van der Waals surface area contributed by atoms with Gasteiger partial charge in [0.25, 0.3) is 0 Å². The van der Waals surface area contributed by atoms with Gasteiger partial charge in [0.15, 0.2) is 0 Å². The van der Waals surface area contributed by atoms with Crippen molar-refractivity contribution in [3.63, 3.8) is 0 Å². The van der Waals surface area contributed by atoms with Crippen LogP contribution in [0.15, 0.2) is 53.4 Å². The lowest BCUT2D eigenvalue weighted by atomic mass is 10.1. The molecule has 9 heteroatoms. The number of benzene rings is 2. The van der Waals surface area contributed by atoms with E-state index in [9.17, 15) is 13.2 Å². The van der Waals surface area contributed by atoms with Crippen molar-refractivity contribution in [2.24, 2.45) is 0 Å². The van der Waals surface area contributed by atoms with Crippen LogP contribution in [-0.4, -0.2) is 81.0 Å². The molecule has 2 amide bonds. The SMILES string of the molecule is CCN(CC)c1ccc([C@@H]2N(C(=O)N3CCOCC3)CCN2S(=O)(=O)c2ccc(C)cc2)cc1. The lowest BCUT2D eigenvalue weighted by Gasteiger charge is -2.35. The fraction of sp³-hybridized carbons (Fsp3) is 0.480. The van der Waals surface area contributed by atoms with Gasteiger partial charge in [-0.3, -0.25) is 0 Å². The minimum Gasteiger partial charge on any atom is -0.378 e. The van der Waals surface area contributed by atoms with Gasteiger partial charge in [0, 0.05) is 45.0 Å². The average Bonchev–Trinajstić information content (AvgIpc) is 3.32. The second kappa shape index (κ2) is 10.3. The minimum atomic E-state index is -3.80. The number of hydrogen-bond acceptors (Lipinski definition) is 5. The molecule has 1 atom stereocenters. The first kappa shape index (κ1) is 24.5. The average molecular weight is 487 g/mol. The Morgan fingerprint density at radius 2 is 1.56 bits per heavy atom. The molecule has 184 valence electrons. The summed E-state index contributed by atoms with van der Waals surface area (Å²) < 4.78 is 34.2. The molecule has 2 heterocycles. The summed E-state index contributed by atoms with van der Waals surface area (Å²) in [7, 11) is -3.80. The van der Waals surface area contributed by atoms with Crippen LogP contribution in [0, 0.1) is 6.92 Å². The van der Waals surface area contributed by atoms with Gasteiger partial charge < -0.3 is 19.4 Å². The molecule has 0 radical (unpaired) electrons. The summed E-state index contributed by atoms with van der Waals surface area (Å²) in [6.07, 6.45) is -0.701. The first-order chi connectivity index (χ1) is 16.4. The maximum absolute atomic E-state index is 13.7. The number of sulfonamides is 1. The molecular formula is C25H34N4O4S. The zero-order valence-corrected chi connectivity index (χ0v) is 21.0. The van der Waals surface area contributed by atoms with Gasteiger partial charge in [-0.2, -0.15) is 4.31 Å². The van der Waals surface area contributed by atoms with Crippen LogP contribution >= 0.6 is 0 Å². The molecule has 34 heavy (non-hydrogen) atoms. The fourth-order valence-electron chi connectivity index (χ4n) is 4.63. The van der Waals surface area contributed by atoms with Gasteiger partial charge in [-0.25, -0.2) is 13.2 Å². The highest BCUT2D eigenvalue weighted by Crippen LogP contribution is 2.36. The van der Waals surface area contributed by atoms with E-state index in [4.69, 9.17) is 4.74 Å². The second-order valence-electron chi connectivity index (χ2n) is 8.64. The molecule has 2 aliphatic heterocycles. The third-order valence-corrected chi connectivity index (χ3v) is 8.47. The summed E-state index contributed by atoms with van der Waals surface area (Å²) in [5.74, 6) is 0. The summed E-state index contributed by atoms with van der Waals surface area (Å²) in [6.45, 7) is 10.5. The predicted molar refractivity (Wildman–Crippen MR) is 132 cm³/mol. The van der Waals surface area contributed by atoms with Crippen LogP contribution in [0.1, 0.15) is 31.1 Å². The van der Waals surface area contributed by atoms with Crippen LogP contribution in [-0.2, 0) is 14.8 Å². The number of anilines is 1. The number of ether oxygens (including phenoxy) is 1. The summed E-state index contributed by atoms with van der Waals surface area (Å²) in [5.41, 5.74) is 2.85. The highest BCUT2D eigenvalue weighted by atomic mass is 32.2. The lowest BCUT2D eigenvalue weighted by molar-refractivity contribution is 0.0400. The van der Waals surface area contributed by atoms with E-state index in [1.54, 1.807) is 34.1 Å². The van der Waals surface area contributed by atoms with E-state index in [0.29, 0.717) is 32.8 Å². The Morgan fingerprint density at radius 1 is 0.941 bits per heavy atom. The van der Waals surface area contributed by atoms with Crippen molar-refractivity contribution in [3.05, 3.63) is 59.7 Å². The summed E-state index contributed by atoms with van der Waals surface area (Å²) >= 11 is 0. The quantitative estimate of drug-likeness (QED) is 0.627. The van der Waals surface area contributed by atoms with Gasteiger partial charge in [0.2, 0.25) is 10.0 Å². The topological polar surface area (TPSA) is 73.4 Å². The van der Waals surface area contributed by atoms with E-state index in [-0.39, 0.29) is 17.5 Å². The Bertz CT molecular complexity index is 1080. The van der Waals surface area contributed by atoms with E-state index < -0.39 is 16.2 Å². The molecule has 0 spiro atoms. The minimum absolute atomic E-state index is 0.150. The number of hydrogen-bond donors (Lipinski definition) is 0. The highest BCUT2D eigenvalue weighted by molar-refractivity contribution is 7.89. The van der Waals surface area contributed by atoms with Gasteiger partial charge in [-0.1, -0.05) is 29.8 Å². The van der Waals surface area contributed by atoms with Crippen molar-refractivity contribution >= 4 is 21.7 Å². The van der Waals surface area contributed by atoms with Crippen LogP contribution < -0.4 is 4.90 Å².